The van der Waals surface area contributed by atoms with E-state index in [1.165, 1.54) is 23.1 Å². The fourth-order valence-electron chi connectivity index (χ4n) is 2.64. The lowest BCUT2D eigenvalue weighted by Crippen LogP contribution is -2.13. The summed E-state index contributed by atoms with van der Waals surface area (Å²) in [6, 6.07) is 17.3. The minimum Gasteiger partial charge on any atom is -0.496 e. The molecule has 0 aliphatic heterocycles. The maximum absolute atomic E-state index is 5.50. The molecular formula is C20H26O. The van der Waals surface area contributed by atoms with Crippen LogP contribution in [0.5, 0.6) is 5.75 Å². The highest BCUT2D eigenvalue weighted by molar-refractivity contribution is 5.41. The van der Waals surface area contributed by atoms with Crippen LogP contribution in [0.3, 0.4) is 0 Å². The van der Waals surface area contributed by atoms with Gasteiger partial charge in [-0.25, -0.2) is 0 Å². The predicted molar refractivity (Wildman–Crippen MR) is 90.2 cm³/mol. The largest absolute Gasteiger partial charge is 0.496 e. The number of hydrogen-bond donors (Lipinski definition) is 0. The highest BCUT2D eigenvalue weighted by atomic mass is 16.5. The monoisotopic (exact) mass is 282 g/mol. The minimum absolute atomic E-state index is 0.112. The van der Waals surface area contributed by atoms with Crippen molar-refractivity contribution in [2.45, 2.75) is 45.4 Å². The highest BCUT2D eigenvalue weighted by Crippen LogP contribution is 2.32. The number of ether oxygens (including phenoxy) is 1. The van der Waals surface area contributed by atoms with Crippen LogP contribution in [0.4, 0.5) is 0 Å². The number of hydrogen-bond acceptors (Lipinski definition) is 1. The first-order chi connectivity index (χ1) is 10.0. The summed E-state index contributed by atoms with van der Waals surface area (Å²) >= 11 is 0. The molecule has 0 amide bonds. The van der Waals surface area contributed by atoms with Gasteiger partial charge in [-0.1, -0.05) is 63.2 Å². The van der Waals surface area contributed by atoms with Crippen LogP contribution in [0.1, 0.15) is 43.9 Å². The van der Waals surface area contributed by atoms with Crippen molar-refractivity contribution in [1.29, 1.82) is 0 Å². The van der Waals surface area contributed by atoms with E-state index in [2.05, 4.69) is 69.3 Å². The Morgan fingerprint density at radius 1 is 0.857 bits per heavy atom. The molecule has 0 spiro atoms. The minimum atomic E-state index is 0.112. The van der Waals surface area contributed by atoms with E-state index >= 15 is 0 Å². The molecule has 1 nitrogen and oxygen atoms in total. The van der Waals surface area contributed by atoms with E-state index in [-0.39, 0.29) is 5.41 Å². The highest BCUT2D eigenvalue weighted by Gasteiger charge is 2.19. The molecule has 2 rings (SSSR count). The van der Waals surface area contributed by atoms with Crippen molar-refractivity contribution in [2.24, 2.45) is 0 Å². The Kier molecular flexibility index (Phi) is 5.06. The van der Waals surface area contributed by atoms with Crippen LogP contribution in [0.15, 0.2) is 48.5 Å². The van der Waals surface area contributed by atoms with E-state index in [4.69, 9.17) is 4.74 Å². The average Bonchev–Trinajstić information content (AvgIpc) is 2.47. The van der Waals surface area contributed by atoms with Crippen molar-refractivity contribution in [3.63, 3.8) is 0 Å². The molecule has 0 fully saturated rings. The number of rotatable bonds is 5. The van der Waals surface area contributed by atoms with Crippen LogP contribution in [0, 0.1) is 0 Å². The first-order valence-electron chi connectivity index (χ1n) is 7.72. The van der Waals surface area contributed by atoms with Crippen molar-refractivity contribution in [3.05, 3.63) is 65.2 Å². The van der Waals surface area contributed by atoms with Gasteiger partial charge in [0.05, 0.1) is 7.11 Å². The molecule has 0 aliphatic rings. The Bertz CT molecular complexity index is 564. The third-order valence-corrected chi connectivity index (χ3v) is 3.85. The van der Waals surface area contributed by atoms with Gasteiger partial charge in [0.25, 0.3) is 0 Å². The molecule has 21 heavy (non-hydrogen) atoms. The Morgan fingerprint density at radius 3 is 2.14 bits per heavy atom. The number of methoxy groups -OCH3 is 1. The topological polar surface area (TPSA) is 9.23 Å². The third kappa shape index (κ3) is 4.35. The normalized spacial score (nSPS) is 11.4. The van der Waals surface area contributed by atoms with Crippen molar-refractivity contribution in [3.8, 4) is 5.75 Å². The molecule has 0 bridgehead atoms. The smallest absolute Gasteiger partial charge is 0.122 e. The molecule has 0 N–H and O–H groups in total. The van der Waals surface area contributed by atoms with Crippen molar-refractivity contribution in [2.75, 3.05) is 7.11 Å². The second-order valence-electron chi connectivity index (χ2n) is 6.62. The van der Waals surface area contributed by atoms with Gasteiger partial charge in [0.2, 0.25) is 0 Å². The second-order valence-corrected chi connectivity index (χ2v) is 6.62. The first kappa shape index (κ1) is 15.6. The standard InChI is InChI=1S/C20H26O/c1-20(2,3)18-15-17(13-14-19(18)21-4)12-8-11-16-9-6-5-7-10-16/h5-7,9-10,13-15H,8,11-12H2,1-4H3. The van der Waals surface area contributed by atoms with E-state index in [1.54, 1.807) is 7.11 Å². The molecule has 1 heteroatoms. The summed E-state index contributed by atoms with van der Waals surface area (Å²) in [5, 5.41) is 0. The molecule has 0 saturated carbocycles. The molecule has 2 aromatic carbocycles. The summed E-state index contributed by atoms with van der Waals surface area (Å²) < 4.78 is 5.50. The van der Waals surface area contributed by atoms with Gasteiger partial charge in [-0.15, -0.1) is 0 Å². The lowest BCUT2D eigenvalue weighted by atomic mass is 9.85. The maximum atomic E-state index is 5.50. The zero-order valence-corrected chi connectivity index (χ0v) is 13.6. The molecule has 0 radical (unpaired) electrons. The summed E-state index contributed by atoms with van der Waals surface area (Å²) in [7, 11) is 1.75. The molecular weight excluding hydrogens is 256 g/mol. The lowest BCUT2D eigenvalue weighted by molar-refractivity contribution is 0.397. The van der Waals surface area contributed by atoms with E-state index in [1.807, 2.05) is 0 Å². The Hall–Kier alpha value is -1.76. The zero-order chi connectivity index (χ0) is 15.3. The second kappa shape index (κ2) is 6.80. The maximum Gasteiger partial charge on any atom is 0.122 e. The molecule has 0 saturated heterocycles. The first-order valence-corrected chi connectivity index (χ1v) is 7.72. The average molecular weight is 282 g/mol. The fourth-order valence-corrected chi connectivity index (χ4v) is 2.64. The van der Waals surface area contributed by atoms with Gasteiger partial charge in [-0.2, -0.15) is 0 Å². The van der Waals surface area contributed by atoms with Gasteiger partial charge in [-0.05, 0) is 47.4 Å². The molecule has 2 aromatic rings. The quantitative estimate of drug-likeness (QED) is 0.735. The van der Waals surface area contributed by atoms with Crippen LogP contribution in [0.25, 0.3) is 0 Å². The van der Waals surface area contributed by atoms with Crippen molar-refractivity contribution >= 4 is 0 Å². The van der Waals surface area contributed by atoms with E-state index in [9.17, 15) is 0 Å². The summed E-state index contributed by atoms with van der Waals surface area (Å²) in [6.45, 7) is 6.70. The Labute approximate surface area is 129 Å². The van der Waals surface area contributed by atoms with Gasteiger partial charge >= 0.3 is 0 Å². The van der Waals surface area contributed by atoms with Crippen LogP contribution in [0.2, 0.25) is 0 Å². The summed E-state index contributed by atoms with van der Waals surface area (Å²) in [5.74, 6) is 0.995. The van der Waals surface area contributed by atoms with E-state index in [0.29, 0.717) is 0 Å². The molecule has 0 aromatic heterocycles. The van der Waals surface area contributed by atoms with Gasteiger partial charge < -0.3 is 4.74 Å². The molecule has 0 unspecified atom stereocenters. The fraction of sp³-hybridized carbons (Fsp3) is 0.400. The summed E-state index contributed by atoms with van der Waals surface area (Å²) in [5.41, 5.74) is 4.22. The van der Waals surface area contributed by atoms with Crippen LogP contribution in [-0.4, -0.2) is 7.11 Å². The van der Waals surface area contributed by atoms with E-state index < -0.39 is 0 Å². The molecule has 0 atom stereocenters. The van der Waals surface area contributed by atoms with Gasteiger partial charge in [0, 0.05) is 0 Å². The molecule has 112 valence electrons. The third-order valence-electron chi connectivity index (χ3n) is 3.85. The van der Waals surface area contributed by atoms with Crippen LogP contribution >= 0.6 is 0 Å². The predicted octanol–water partition coefficient (Wildman–Crippen LogP) is 5.17. The molecule has 0 heterocycles. The van der Waals surface area contributed by atoms with Gasteiger partial charge in [0.15, 0.2) is 0 Å². The van der Waals surface area contributed by atoms with E-state index in [0.717, 1.165) is 18.6 Å². The van der Waals surface area contributed by atoms with Gasteiger partial charge in [-0.3, -0.25) is 0 Å². The Balaban J connectivity index is 2.04. The van der Waals surface area contributed by atoms with Crippen LogP contribution < -0.4 is 4.74 Å². The SMILES string of the molecule is COc1ccc(CCCc2ccccc2)cc1C(C)(C)C. The number of aryl methyl sites for hydroxylation is 2. The van der Waals surface area contributed by atoms with Crippen molar-refractivity contribution in [1.82, 2.24) is 0 Å². The summed E-state index contributed by atoms with van der Waals surface area (Å²) in [4.78, 5) is 0. The van der Waals surface area contributed by atoms with Crippen LogP contribution in [-0.2, 0) is 18.3 Å². The Morgan fingerprint density at radius 2 is 1.52 bits per heavy atom. The molecule has 0 aliphatic carbocycles. The number of benzene rings is 2. The lowest BCUT2D eigenvalue weighted by Gasteiger charge is -2.23. The van der Waals surface area contributed by atoms with Gasteiger partial charge in [0.1, 0.15) is 5.75 Å². The van der Waals surface area contributed by atoms with Crippen molar-refractivity contribution < 1.29 is 4.74 Å². The summed E-state index contributed by atoms with van der Waals surface area (Å²) in [6.07, 6.45) is 3.43. The zero-order valence-electron chi connectivity index (χ0n) is 13.6.